The predicted molar refractivity (Wildman–Crippen MR) is 115 cm³/mol. The number of carbonyl (C=O) groups is 1. The van der Waals surface area contributed by atoms with Crippen molar-refractivity contribution in [2.24, 2.45) is 5.92 Å². The predicted octanol–water partition coefficient (Wildman–Crippen LogP) is 4.73. The smallest absolute Gasteiger partial charge is 0.338 e. The van der Waals surface area contributed by atoms with E-state index in [0.29, 0.717) is 23.2 Å². The lowest BCUT2D eigenvalue weighted by Crippen LogP contribution is -2.33. The molecule has 0 saturated heterocycles. The van der Waals surface area contributed by atoms with Crippen LogP contribution in [-0.2, 0) is 11.2 Å². The summed E-state index contributed by atoms with van der Waals surface area (Å²) >= 11 is 5.45. The van der Waals surface area contributed by atoms with Crippen LogP contribution in [0.4, 0.5) is 5.69 Å². The van der Waals surface area contributed by atoms with E-state index in [2.05, 4.69) is 41.8 Å². The third-order valence-electron chi connectivity index (χ3n) is 4.57. The third-order valence-corrected chi connectivity index (χ3v) is 4.82. The fourth-order valence-corrected chi connectivity index (χ4v) is 3.11. The van der Waals surface area contributed by atoms with Gasteiger partial charge in [0.25, 0.3) is 0 Å². The number of nitrogens with one attached hydrogen (secondary N) is 2. The van der Waals surface area contributed by atoms with E-state index in [-0.39, 0.29) is 5.97 Å². The molecule has 0 aliphatic heterocycles. The molecule has 0 heterocycles. The molecule has 0 bridgehead atoms. The Morgan fingerprint density at radius 2 is 1.85 bits per heavy atom. The number of esters is 1. The van der Waals surface area contributed by atoms with Crippen LogP contribution in [0.1, 0.15) is 41.8 Å². The molecule has 1 atom stereocenters. The fourth-order valence-electron chi connectivity index (χ4n) is 2.91. The molecule has 0 saturated carbocycles. The van der Waals surface area contributed by atoms with Gasteiger partial charge in [0, 0.05) is 12.2 Å². The van der Waals surface area contributed by atoms with Gasteiger partial charge in [0.1, 0.15) is 0 Å². The van der Waals surface area contributed by atoms with Crippen molar-refractivity contribution in [3.05, 3.63) is 65.2 Å². The van der Waals surface area contributed by atoms with E-state index in [1.807, 2.05) is 25.1 Å². The molecule has 27 heavy (non-hydrogen) atoms. The first-order valence-corrected chi connectivity index (χ1v) is 9.81. The minimum atomic E-state index is -0.313. The van der Waals surface area contributed by atoms with Gasteiger partial charge in [-0.2, -0.15) is 0 Å². The highest BCUT2D eigenvalue weighted by Crippen LogP contribution is 2.20. The van der Waals surface area contributed by atoms with Crippen molar-refractivity contribution in [3.8, 4) is 0 Å². The highest BCUT2D eigenvalue weighted by atomic mass is 32.1. The van der Waals surface area contributed by atoms with Crippen LogP contribution >= 0.6 is 12.2 Å². The molecular formula is C22H28N2O2S. The zero-order valence-corrected chi connectivity index (χ0v) is 17.1. The molecule has 2 aromatic rings. The molecular weight excluding hydrogens is 356 g/mol. The molecule has 2 N–H and O–H groups in total. The van der Waals surface area contributed by atoms with Crippen molar-refractivity contribution in [3.63, 3.8) is 0 Å². The lowest BCUT2D eigenvalue weighted by Gasteiger charge is -2.19. The molecule has 0 radical (unpaired) electrons. The van der Waals surface area contributed by atoms with Crippen LogP contribution in [-0.4, -0.2) is 24.2 Å². The first kappa shape index (κ1) is 20.9. The lowest BCUT2D eigenvalue weighted by molar-refractivity contribution is 0.0525. The maximum absolute atomic E-state index is 12.0. The molecule has 5 heteroatoms. The normalized spacial score (nSPS) is 11.5. The highest BCUT2D eigenvalue weighted by molar-refractivity contribution is 7.80. The Bertz CT molecular complexity index is 762. The molecule has 0 aliphatic rings. The van der Waals surface area contributed by atoms with E-state index >= 15 is 0 Å². The number of thiocarbonyl (C=S) groups is 1. The Morgan fingerprint density at radius 3 is 2.52 bits per heavy atom. The Kier molecular flexibility index (Phi) is 8.27. The minimum Gasteiger partial charge on any atom is -0.462 e. The molecule has 2 aromatic carbocycles. The Morgan fingerprint density at radius 1 is 1.11 bits per heavy atom. The average Bonchev–Trinajstić information content (AvgIpc) is 2.67. The van der Waals surface area contributed by atoms with E-state index in [1.54, 1.807) is 13.0 Å². The summed E-state index contributed by atoms with van der Waals surface area (Å²) in [6.07, 6.45) is 2.09. The number of benzene rings is 2. The van der Waals surface area contributed by atoms with Gasteiger partial charge in [0.2, 0.25) is 0 Å². The zero-order chi connectivity index (χ0) is 19.6. The van der Waals surface area contributed by atoms with Crippen molar-refractivity contribution < 1.29 is 9.53 Å². The first-order chi connectivity index (χ1) is 13.0. The highest BCUT2D eigenvalue weighted by Gasteiger charge is 2.14. The topological polar surface area (TPSA) is 50.4 Å². The summed E-state index contributed by atoms with van der Waals surface area (Å²) in [6.45, 7) is 7.04. The molecule has 0 fully saturated rings. The Labute approximate surface area is 167 Å². The summed E-state index contributed by atoms with van der Waals surface area (Å²) in [5, 5.41) is 7.07. The van der Waals surface area contributed by atoms with E-state index < -0.39 is 0 Å². The van der Waals surface area contributed by atoms with E-state index in [0.717, 1.165) is 30.6 Å². The molecule has 2 rings (SSSR count). The van der Waals surface area contributed by atoms with Crippen LogP contribution < -0.4 is 10.6 Å². The zero-order valence-electron chi connectivity index (χ0n) is 16.2. The molecule has 0 aliphatic carbocycles. The second kappa shape index (κ2) is 10.7. The third kappa shape index (κ3) is 6.36. The van der Waals surface area contributed by atoms with Crippen LogP contribution in [0, 0.1) is 12.8 Å². The van der Waals surface area contributed by atoms with Crippen molar-refractivity contribution >= 4 is 29.0 Å². The van der Waals surface area contributed by atoms with Gasteiger partial charge >= 0.3 is 5.97 Å². The summed E-state index contributed by atoms with van der Waals surface area (Å²) in [4.78, 5) is 12.0. The molecule has 0 amide bonds. The van der Waals surface area contributed by atoms with Gasteiger partial charge in [-0.25, -0.2) is 4.79 Å². The number of rotatable bonds is 8. The maximum Gasteiger partial charge on any atom is 0.338 e. The van der Waals surface area contributed by atoms with E-state index in [4.69, 9.17) is 17.0 Å². The molecule has 0 spiro atoms. The van der Waals surface area contributed by atoms with Gasteiger partial charge in [-0.3, -0.25) is 0 Å². The van der Waals surface area contributed by atoms with Crippen LogP contribution in [0.2, 0.25) is 0 Å². The van der Waals surface area contributed by atoms with Crippen LogP contribution in [0.3, 0.4) is 0 Å². The van der Waals surface area contributed by atoms with Crippen molar-refractivity contribution in [2.45, 2.75) is 33.6 Å². The van der Waals surface area contributed by atoms with E-state index in [1.165, 1.54) is 5.56 Å². The van der Waals surface area contributed by atoms with Crippen molar-refractivity contribution in [1.82, 2.24) is 5.32 Å². The van der Waals surface area contributed by atoms with Gasteiger partial charge in [-0.05, 0) is 61.7 Å². The summed E-state index contributed by atoms with van der Waals surface area (Å²) in [6, 6.07) is 16.0. The van der Waals surface area contributed by atoms with Crippen molar-refractivity contribution in [2.75, 3.05) is 18.5 Å². The number of ether oxygens (including phenoxy) is 1. The summed E-state index contributed by atoms with van der Waals surface area (Å²) in [7, 11) is 0. The second-order valence-electron chi connectivity index (χ2n) is 6.50. The molecule has 4 nitrogen and oxygen atoms in total. The average molecular weight is 385 g/mol. The standard InChI is InChI=1S/C22H28N2O2S/c1-4-17(14-18-10-7-6-8-11-18)15-23-22(27)24-20-13-9-12-19(16(20)3)21(25)26-5-2/h6-13,17H,4-5,14-15H2,1-3H3,(H2,23,24,27). The van der Waals surface area contributed by atoms with Crippen LogP contribution in [0.5, 0.6) is 0 Å². The van der Waals surface area contributed by atoms with Gasteiger partial charge in [-0.1, -0.05) is 49.7 Å². The van der Waals surface area contributed by atoms with E-state index in [9.17, 15) is 4.79 Å². The van der Waals surface area contributed by atoms with Crippen molar-refractivity contribution in [1.29, 1.82) is 0 Å². The Hall–Kier alpha value is -2.40. The summed E-state index contributed by atoms with van der Waals surface area (Å²) < 4.78 is 5.10. The Balaban J connectivity index is 1.93. The second-order valence-corrected chi connectivity index (χ2v) is 6.91. The first-order valence-electron chi connectivity index (χ1n) is 9.40. The fraction of sp³-hybridized carbons (Fsp3) is 0.364. The van der Waals surface area contributed by atoms with Crippen LogP contribution in [0.25, 0.3) is 0 Å². The van der Waals surface area contributed by atoms with Gasteiger partial charge < -0.3 is 15.4 Å². The monoisotopic (exact) mass is 384 g/mol. The molecule has 1 unspecified atom stereocenters. The SMILES string of the molecule is CCOC(=O)c1cccc(NC(=S)NCC(CC)Cc2ccccc2)c1C. The number of hydrogen-bond donors (Lipinski definition) is 2. The quantitative estimate of drug-likeness (QED) is 0.509. The van der Waals surface area contributed by atoms with Crippen LogP contribution in [0.15, 0.2) is 48.5 Å². The molecule has 144 valence electrons. The van der Waals surface area contributed by atoms with Gasteiger partial charge in [0.05, 0.1) is 12.2 Å². The minimum absolute atomic E-state index is 0.313. The summed E-state index contributed by atoms with van der Waals surface area (Å²) in [5.41, 5.74) is 3.54. The van der Waals surface area contributed by atoms with Gasteiger partial charge in [-0.15, -0.1) is 0 Å². The number of anilines is 1. The van der Waals surface area contributed by atoms with Gasteiger partial charge in [0.15, 0.2) is 5.11 Å². The molecule has 0 aromatic heterocycles. The lowest BCUT2D eigenvalue weighted by atomic mass is 9.97. The largest absolute Gasteiger partial charge is 0.462 e. The summed E-state index contributed by atoms with van der Waals surface area (Å²) in [5.74, 6) is 0.186. The maximum atomic E-state index is 12.0. The number of hydrogen-bond acceptors (Lipinski definition) is 3. The number of carbonyl (C=O) groups excluding carboxylic acids is 1.